The smallest absolute Gasteiger partial charge is 0.306 e. The van der Waals surface area contributed by atoms with Gasteiger partial charge in [0, 0.05) is 5.92 Å². The lowest BCUT2D eigenvalue weighted by Crippen LogP contribution is -2.35. The number of carboxylic acids is 1. The summed E-state index contributed by atoms with van der Waals surface area (Å²) in [6, 6.07) is 0. The molecule has 0 radical (unpaired) electrons. The van der Waals surface area contributed by atoms with E-state index >= 15 is 0 Å². The molecule has 2 fully saturated rings. The average Bonchev–Trinajstić information content (AvgIpc) is 2.74. The first-order valence-corrected chi connectivity index (χ1v) is 5.64. The molecule has 0 bridgehead atoms. The molecular formula is C11H18O4. The molecule has 86 valence electrons. The van der Waals surface area contributed by atoms with Crippen molar-refractivity contribution in [2.75, 3.05) is 6.61 Å². The molecule has 4 nitrogen and oxygen atoms in total. The fourth-order valence-corrected chi connectivity index (χ4v) is 2.62. The van der Waals surface area contributed by atoms with Gasteiger partial charge < -0.3 is 14.6 Å². The third-order valence-electron chi connectivity index (χ3n) is 3.46. The van der Waals surface area contributed by atoms with E-state index in [-0.39, 0.29) is 12.5 Å². The summed E-state index contributed by atoms with van der Waals surface area (Å²) in [5.41, 5.74) is 0. The van der Waals surface area contributed by atoms with Crippen molar-refractivity contribution in [2.24, 2.45) is 5.92 Å². The molecule has 0 spiro atoms. The Kier molecular flexibility index (Phi) is 2.98. The zero-order chi connectivity index (χ0) is 10.9. The Labute approximate surface area is 89.6 Å². The minimum absolute atomic E-state index is 0.0440. The van der Waals surface area contributed by atoms with Gasteiger partial charge >= 0.3 is 5.97 Å². The molecule has 2 rings (SSSR count). The van der Waals surface area contributed by atoms with Crippen LogP contribution in [0.2, 0.25) is 0 Å². The zero-order valence-corrected chi connectivity index (χ0v) is 9.07. The van der Waals surface area contributed by atoms with E-state index < -0.39 is 11.8 Å². The Morgan fingerprint density at radius 3 is 2.73 bits per heavy atom. The van der Waals surface area contributed by atoms with Gasteiger partial charge in [-0.25, -0.2) is 0 Å². The average molecular weight is 214 g/mol. The quantitative estimate of drug-likeness (QED) is 0.778. The second-order valence-electron chi connectivity index (χ2n) is 4.65. The molecule has 1 aliphatic heterocycles. The van der Waals surface area contributed by atoms with Crippen molar-refractivity contribution in [2.45, 2.75) is 50.9 Å². The van der Waals surface area contributed by atoms with Crippen LogP contribution in [0.3, 0.4) is 0 Å². The molecule has 1 saturated heterocycles. The number of aliphatic carboxylic acids is 1. The van der Waals surface area contributed by atoms with E-state index in [1.165, 1.54) is 12.8 Å². The van der Waals surface area contributed by atoms with Crippen LogP contribution < -0.4 is 0 Å². The first-order chi connectivity index (χ1) is 7.10. The van der Waals surface area contributed by atoms with Crippen molar-refractivity contribution in [3.05, 3.63) is 0 Å². The Morgan fingerprint density at radius 1 is 1.47 bits per heavy atom. The minimum Gasteiger partial charge on any atom is -0.481 e. The summed E-state index contributed by atoms with van der Waals surface area (Å²) < 4.78 is 11.4. The second kappa shape index (κ2) is 4.10. The van der Waals surface area contributed by atoms with Crippen molar-refractivity contribution in [3.8, 4) is 0 Å². The predicted molar refractivity (Wildman–Crippen MR) is 53.4 cm³/mol. The van der Waals surface area contributed by atoms with Gasteiger partial charge in [-0.2, -0.15) is 0 Å². The van der Waals surface area contributed by atoms with E-state index in [0.29, 0.717) is 12.5 Å². The van der Waals surface area contributed by atoms with Gasteiger partial charge in [0.25, 0.3) is 0 Å². The molecule has 1 heterocycles. The number of hydrogen-bond donors (Lipinski definition) is 1. The van der Waals surface area contributed by atoms with Crippen LogP contribution in [0.25, 0.3) is 0 Å². The molecule has 2 atom stereocenters. The van der Waals surface area contributed by atoms with Gasteiger partial charge in [0.05, 0.1) is 19.1 Å². The van der Waals surface area contributed by atoms with Crippen LogP contribution in [0, 0.1) is 5.92 Å². The van der Waals surface area contributed by atoms with Crippen LogP contribution in [0.15, 0.2) is 0 Å². The van der Waals surface area contributed by atoms with Crippen molar-refractivity contribution in [1.82, 2.24) is 0 Å². The summed E-state index contributed by atoms with van der Waals surface area (Å²) in [5, 5.41) is 8.67. The third-order valence-corrected chi connectivity index (χ3v) is 3.46. The van der Waals surface area contributed by atoms with Gasteiger partial charge in [-0.1, -0.05) is 12.8 Å². The maximum absolute atomic E-state index is 10.6. The van der Waals surface area contributed by atoms with Crippen LogP contribution in [0.1, 0.15) is 39.0 Å². The van der Waals surface area contributed by atoms with Gasteiger partial charge in [-0.3, -0.25) is 4.79 Å². The summed E-state index contributed by atoms with van der Waals surface area (Å²) in [4.78, 5) is 10.6. The highest BCUT2D eigenvalue weighted by Gasteiger charge is 2.45. The second-order valence-corrected chi connectivity index (χ2v) is 4.65. The molecule has 0 aromatic rings. The number of rotatable bonds is 3. The topological polar surface area (TPSA) is 55.8 Å². The molecule has 1 saturated carbocycles. The van der Waals surface area contributed by atoms with Crippen molar-refractivity contribution in [1.29, 1.82) is 0 Å². The molecular weight excluding hydrogens is 196 g/mol. The Bertz CT molecular complexity index is 247. The lowest BCUT2D eigenvalue weighted by molar-refractivity contribution is -0.191. The van der Waals surface area contributed by atoms with Crippen LogP contribution in [0.4, 0.5) is 0 Å². The maximum atomic E-state index is 10.6. The standard InChI is InChI=1S/C11H18O4/c1-11(8-4-2-3-5-8)14-7-9(15-11)6-10(12)13/h8-9H,2-7H2,1H3,(H,12,13). The van der Waals surface area contributed by atoms with Gasteiger partial charge in [0.15, 0.2) is 5.79 Å². The number of ether oxygens (including phenoxy) is 2. The Balaban J connectivity index is 1.91. The van der Waals surface area contributed by atoms with E-state index in [9.17, 15) is 4.79 Å². The monoisotopic (exact) mass is 214 g/mol. The Hall–Kier alpha value is -0.610. The predicted octanol–water partition coefficient (Wildman–Crippen LogP) is 1.78. The highest BCUT2D eigenvalue weighted by Crippen LogP contribution is 2.41. The Morgan fingerprint density at radius 2 is 2.13 bits per heavy atom. The fourth-order valence-electron chi connectivity index (χ4n) is 2.62. The van der Waals surface area contributed by atoms with Crippen molar-refractivity contribution in [3.63, 3.8) is 0 Å². The molecule has 2 aliphatic rings. The summed E-state index contributed by atoms with van der Waals surface area (Å²) in [6.07, 6.45) is 4.51. The van der Waals surface area contributed by atoms with Gasteiger partial charge in [-0.15, -0.1) is 0 Å². The van der Waals surface area contributed by atoms with Crippen LogP contribution in [-0.4, -0.2) is 29.6 Å². The number of carbonyl (C=O) groups is 1. The third kappa shape index (κ3) is 2.32. The lowest BCUT2D eigenvalue weighted by atomic mass is 9.98. The lowest BCUT2D eigenvalue weighted by Gasteiger charge is -2.29. The summed E-state index contributed by atoms with van der Waals surface area (Å²) in [7, 11) is 0. The van der Waals surface area contributed by atoms with Crippen molar-refractivity contribution >= 4 is 5.97 Å². The molecule has 0 aromatic carbocycles. The van der Waals surface area contributed by atoms with E-state index in [1.54, 1.807) is 0 Å². The van der Waals surface area contributed by atoms with Crippen LogP contribution in [-0.2, 0) is 14.3 Å². The zero-order valence-electron chi connectivity index (χ0n) is 9.07. The molecule has 0 amide bonds. The summed E-state index contributed by atoms with van der Waals surface area (Å²) in [5.74, 6) is -0.910. The highest BCUT2D eigenvalue weighted by atomic mass is 16.7. The van der Waals surface area contributed by atoms with E-state index in [0.717, 1.165) is 12.8 Å². The number of carboxylic acid groups (broad SMARTS) is 1. The van der Waals surface area contributed by atoms with Gasteiger partial charge in [-0.05, 0) is 19.8 Å². The van der Waals surface area contributed by atoms with Crippen LogP contribution in [0.5, 0.6) is 0 Å². The molecule has 2 unspecified atom stereocenters. The summed E-state index contributed by atoms with van der Waals surface area (Å²) in [6.45, 7) is 2.37. The van der Waals surface area contributed by atoms with Crippen molar-refractivity contribution < 1.29 is 19.4 Å². The van der Waals surface area contributed by atoms with E-state index in [1.807, 2.05) is 6.92 Å². The molecule has 4 heteroatoms. The fraction of sp³-hybridized carbons (Fsp3) is 0.909. The van der Waals surface area contributed by atoms with E-state index in [2.05, 4.69) is 0 Å². The molecule has 1 N–H and O–H groups in total. The first-order valence-electron chi connectivity index (χ1n) is 5.64. The largest absolute Gasteiger partial charge is 0.481 e. The van der Waals surface area contributed by atoms with Gasteiger partial charge in [0.2, 0.25) is 0 Å². The molecule has 0 aromatic heterocycles. The molecule has 1 aliphatic carbocycles. The highest BCUT2D eigenvalue weighted by molar-refractivity contribution is 5.67. The van der Waals surface area contributed by atoms with Crippen LogP contribution >= 0.6 is 0 Å². The first kappa shape index (κ1) is 10.9. The van der Waals surface area contributed by atoms with Gasteiger partial charge in [0.1, 0.15) is 0 Å². The number of hydrogen-bond acceptors (Lipinski definition) is 3. The molecule has 15 heavy (non-hydrogen) atoms. The SMILES string of the molecule is CC1(C2CCCC2)OCC(CC(=O)O)O1. The normalized spacial score (nSPS) is 37.3. The van der Waals surface area contributed by atoms with E-state index in [4.69, 9.17) is 14.6 Å². The minimum atomic E-state index is -0.820. The maximum Gasteiger partial charge on any atom is 0.306 e. The summed E-state index contributed by atoms with van der Waals surface area (Å²) >= 11 is 0.